The lowest BCUT2D eigenvalue weighted by molar-refractivity contribution is -0.136. The number of fused-ring (bicyclic) bond motifs is 4. The fraction of sp³-hybridized carbons (Fsp3) is 0.221. The van der Waals surface area contributed by atoms with Gasteiger partial charge in [-0.2, -0.15) is 0 Å². The summed E-state index contributed by atoms with van der Waals surface area (Å²) in [5.74, 6) is 2.80. The minimum absolute atomic E-state index is 0.00132. The number of rotatable bonds is 22. The molecular weight excluding hydrogens is 1760 g/mol. The molecule has 26 nitrogen and oxygen atoms in total. The van der Waals surface area contributed by atoms with Crippen LogP contribution < -0.4 is 10.6 Å². The van der Waals surface area contributed by atoms with Crippen molar-refractivity contribution < 1.29 is 37.6 Å². The van der Waals surface area contributed by atoms with Crippen LogP contribution in [0.25, 0.3) is 122 Å². The van der Waals surface area contributed by atoms with E-state index in [9.17, 15) is 14.4 Å². The number of aliphatic carboxylic acids is 1. The molecule has 3 aromatic carbocycles. The number of amides is 2. The average molecular weight is 1850 g/mol. The van der Waals surface area contributed by atoms with Gasteiger partial charge in [-0.05, 0) is 236 Å². The molecule has 0 bridgehead atoms. The standard InChI is InChI=1S/C28H27N5O2.C28H26N4O3.C27H25N5O2.C21H19IN4O/c1-5-26(34)31-22-11-9-20(10-12-22)23-16-33(18(3)24-8-6-7-13-29-24)25-14-21(15-30-28(23)25)27-17(2)32-35-19(27)4;1-4-24(23-7-5-6-12-29-23)32-16-22(20-10-8-19(9-11-20)13-26(33)34)28-25(32)14-21(15-30-28)27-17(2)31-35-18(27)3;1-16-26(18(3)34-31-16)21-13-25-27(29-14-21)23(20-8-10-22(11-9-20)30-19(4)33)15-32(25)17(2)24-7-5-6-12-28-24;1-12-19(13(2)27-25-12)15-9-18-20(24-10-15)16(22)11-26(18)21(14-6-7-14)17-5-3-4-8-23-17/h6-16,18H,5H2,1-4H3,(H,31,34);5-12,14-16,24H,4,13H2,1-3H3,(H,33,34);5-15,17H,1-4H3,(H,30,33);3-5,8-11,14,21H,6-7H2,1-2H3/t18-;24-;17-;21-/m0001/s1. The highest BCUT2D eigenvalue weighted by Gasteiger charge is 2.36. The number of carboxylic acids is 1. The van der Waals surface area contributed by atoms with Crippen molar-refractivity contribution in [3.8, 4) is 77.9 Å². The van der Waals surface area contributed by atoms with Gasteiger partial charge < -0.3 is 52.1 Å². The molecule has 2 amide bonds. The third kappa shape index (κ3) is 18.5. The zero-order valence-electron chi connectivity index (χ0n) is 74.9. The summed E-state index contributed by atoms with van der Waals surface area (Å²) in [5, 5.41) is 31.3. The molecule has 131 heavy (non-hydrogen) atoms. The lowest BCUT2D eigenvalue weighted by atomic mass is 10.0. The van der Waals surface area contributed by atoms with E-state index in [-0.39, 0.29) is 42.4 Å². The number of hydrogen-bond acceptors (Lipinski definition) is 19. The van der Waals surface area contributed by atoms with Crippen LogP contribution in [0.4, 0.5) is 11.4 Å². The van der Waals surface area contributed by atoms with Crippen LogP contribution in [0.1, 0.15) is 159 Å². The molecule has 19 aromatic rings. The largest absolute Gasteiger partial charge is 0.481 e. The van der Waals surface area contributed by atoms with Crippen LogP contribution in [0, 0.1) is 64.9 Å². The van der Waals surface area contributed by atoms with E-state index in [1.165, 1.54) is 19.8 Å². The fourth-order valence-electron chi connectivity index (χ4n) is 17.5. The average Bonchev–Trinajstić information content (AvgIpc) is 1.62. The molecule has 3 N–H and O–H groups in total. The van der Waals surface area contributed by atoms with Crippen molar-refractivity contribution in [3.63, 3.8) is 0 Å². The molecule has 0 radical (unpaired) electrons. The maximum absolute atomic E-state index is 11.8. The second kappa shape index (κ2) is 38.1. The van der Waals surface area contributed by atoms with Gasteiger partial charge >= 0.3 is 5.97 Å². The van der Waals surface area contributed by atoms with Gasteiger partial charge in [-0.3, -0.25) is 54.3 Å². The van der Waals surface area contributed by atoms with Crippen molar-refractivity contribution in [2.45, 2.75) is 146 Å². The van der Waals surface area contributed by atoms with Gasteiger partial charge in [0.25, 0.3) is 0 Å². The summed E-state index contributed by atoms with van der Waals surface area (Å²) in [7, 11) is 0. The van der Waals surface area contributed by atoms with Crippen molar-refractivity contribution in [1.82, 2.24) is 78.8 Å². The van der Waals surface area contributed by atoms with Crippen molar-refractivity contribution in [3.05, 3.63) is 322 Å². The molecule has 4 atom stereocenters. The highest BCUT2D eigenvalue weighted by atomic mass is 127. The summed E-state index contributed by atoms with van der Waals surface area (Å²) < 4.78 is 31.8. The molecule has 0 saturated heterocycles. The van der Waals surface area contributed by atoms with Gasteiger partial charge in [0.15, 0.2) is 0 Å². The maximum atomic E-state index is 11.8. The second-order valence-electron chi connectivity index (χ2n) is 33.0. The Kier molecular flexibility index (Phi) is 25.6. The zero-order valence-corrected chi connectivity index (χ0v) is 77.0. The molecule has 658 valence electrons. The first kappa shape index (κ1) is 88.0. The number of nitrogens with one attached hydrogen (secondary N) is 2. The van der Waals surface area contributed by atoms with E-state index >= 15 is 0 Å². The van der Waals surface area contributed by atoms with Crippen LogP contribution in [-0.2, 0) is 20.8 Å². The molecule has 1 saturated carbocycles. The monoisotopic (exact) mass is 1850 g/mol. The van der Waals surface area contributed by atoms with E-state index in [2.05, 4.69) is 174 Å². The third-order valence-corrected chi connectivity index (χ3v) is 24.8. The Hall–Kier alpha value is -15.0. The molecule has 0 unspecified atom stereocenters. The van der Waals surface area contributed by atoms with Crippen molar-refractivity contribution >= 4 is 95.9 Å². The number of carboxylic acid groups (broad SMARTS) is 1. The molecule has 1 aliphatic rings. The fourth-order valence-corrected chi connectivity index (χ4v) is 18.2. The first-order valence-corrected chi connectivity index (χ1v) is 44.7. The summed E-state index contributed by atoms with van der Waals surface area (Å²) in [6.45, 7) is 25.2. The number of carbonyl (C=O) groups excluding carboxylic acids is 2. The lowest BCUT2D eigenvalue weighted by Gasteiger charge is -2.19. The van der Waals surface area contributed by atoms with E-state index in [0.717, 1.165) is 218 Å². The van der Waals surface area contributed by atoms with E-state index in [1.807, 2.05) is 245 Å². The van der Waals surface area contributed by atoms with Gasteiger partial charge in [0.05, 0.1) is 118 Å². The number of anilines is 2. The quantitative estimate of drug-likeness (QED) is 0.0531. The number of aryl methyl sites for hydroxylation is 8. The number of nitrogens with zero attached hydrogens (tertiary/aromatic N) is 16. The SMILES string of the molecule is CC(=O)Nc1ccc(-c2cn([C@@H](C)c3ccccn3)c3cc(-c4c(C)noc4C)cnc23)cc1.CCC(=O)Nc1ccc(-c2cn([C@@H](C)c3ccccn3)c3cc(-c4c(C)noc4C)cnc23)cc1.CC[C@@H](c1ccccn1)n1cc(-c2ccc(CC(=O)O)cc2)c2ncc(-c3c(C)noc3C)cc21.Cc1noc(C)c1-c1cnc2c(I)cn([C@@H](c3ccccn3)C3CC3)c2c1. The van der Waals surface area contributed by atoms with E-state index in [1.54, 1.807) is 0 Å². The van der Waals surface area contributed by atoms with Crippen molar-refractivity contribution in [1.29, 1.82) is 0 Å². The minimum atomic E-state index is -0.843. The number of carbonyl (C=O) groups is 3. The first-order chi connectivity index (χ1) is 63.5. The molecule has 0 spiro atoms. The minimum Gasteiger partial charge on any atom is -0.481 e. The van der Waals surface area contributed by atoms with Gasteiger partial charge in [-0.25, -0.2) is 0 Å². The van der Waals surface area contributed by atoms with E-state index in [4.69, 9.17) is 43.1 Å². The second-order valence-corrected chi connectivity index (χ2v) is 34.1. The lowest BCUT2D eigenvalue weighted by Crippen LogP contribution is -2.13. The van der Waals surface area contributed by atoms with Crippen LogP contribution in [0.5, 0.6) is 0 Å². The van der Waals surface area contributed by atoms with Crippen LogP contribution in [0.15, 0.2) is 262 Å². The van der Waals surface area contributed by atoms with Crippen LogP contribution in [0.2, 0.25) is 0 Å². The van der Waals surface area contributed by atoms with Crippen molar-refractivity contribution in [2.75, 3.05) is 10.6 Å². The Labute approximate surface area is 769 Å². The molecule has 27 heteroatoms. The Morgan fingerprint density at radius 2 is 0.771 bits per heavy atom. The smallest absolute Gasteiger partial charge is 0.307 e. The summed E-state index contributed by atoms with van der Waals surface area (Å²) in [4.78, 5) is 72.2. The molecule has 0 aliphatic heterocycles. The molecular formula is C104H97IN18O8. The molecule has 16 heterocycles. The Bertz CT molecular complexity index is 7280. The number of halogens is 1. The van der Waals surface area contributed by atoms with E-state index in [0.29, 0.717) is 12.3 Å². The highest BCUT2D eigenvalue weighted by molar-refractivity contribution is 14.1. The molecule has 1 fully saturated rings. The van der Waals surface area contributed by atoms with E-state index < -0.39 is 5.97 Å². The van der Waals surface area contributed by atoms with Gasteiger partial charge in [-0.15, -0.1) is 0 Å². The Balaban J connectivity index is 0.000000123. The molecule has 16 aromatic heterocycles. The molecule has 20 rings (SSSR count). The summed E-state index contributed by atoms with van der Waals surface area (Å²) in [6.07, 6.45) is 27.3. The molecule has 1 aliphatic carbocycles. The van der Waals surface area contributed by atoms with Gasteiger partial charge in [0, 0.05) is 160 Å². The Morgan fingerprint density at radius 1 is 0.420 bits per heavy atom. The van der Waals surface area contributed by atoms with Crippen LogP contribution in [-0.4, -0.2) is 102 Å². The topological polar surface area (TPSA) is 322 Å². The maximum Gasteiger partial charge on any atom is 0.307 e. The number of benzene rings is 3. The number of hydrogen-bond donors (Lipinski definition) is 3. The van der Waals surface area contributed by atoms with Gasteiger partial charge in [-0.1, -0.05) is 107 Å². The normalized spacial score (nSPS) is 12.8. The van der Waals surface area contributed by atoms with Crippen LogP contribution in [0.3, 0.4) is 0 Å². The number of aromatic nitrogens is 16. The third-order valence-electron chi connectivity index (χ3n) is 24.0. The zero-order chi connectivity index (χ0) is 91.4. The summed E-state index contributed by atoms with van der Waals surface area (Å²) in [5.41, 5.74) is 31.4. The van der Waals surface area contributed by atoms with Crippen molar-refractivity contribution in [2.24, 2.45) is 5.92 Å². The number of pyridine rings is 8. The Morgan fingerprint density at radius 3 is 1.11 bits per heavy atom. The van der Waals surface area contributed by atoms with Crippen LogP contribution >= 0.6 is 22.6 Å². The van der Waals surface area contributed by atoms with Gasteiger partial charge in [0.1, 0.15) is 28.6 Å². The summed E-state index contributed by atoms with van der Waals surface area (Å²) in [6, 6.07) is 56.3. The summed E-state index contributed by atoms with van der Waals surface area (Å²) >= 11 is 2.38. The predicted molar refractivity (Wildman–Crippen MR) is 516 cm³/mol. The predicted octanol–water partition coefficient (Wildman–Crippen LogP) is 23.6. The first-order valence-electron chi connectivity index (χ1n) is 43.6. The highest BCUT2D eigenvalue weighted by Crippen LogP contribution is 2.47. The van der Waals surface area contributed by atoms with Gasteiger partial charge in [0.2, 0.25) is 11.8 Å².